The second-order valence-electron chi connectivity index (χ2n) is 3.14. The minimum Gasteiger partial charge on any atom is -0.468 e. The minimum absolute atomic E-state index is 0.201. The van der Waals surface area contributed by atoms with Crippen LogP contribution in [0, 0.1) is 0 Å². The summed E-state index contributed by atoms with van der Waals surface area (Å²) < 4.78 is 5.24. The molecule has 0 aliphatic heterocycles. The van der Waals surface area contributed by atoms with E-state index in [2.05, 4.69) is 18.7 Å². The van der Waals surface area contributed by atoms with E-state index in [-0.39, 0.29) is 5.66 Å². The van der Waals surface area contributed by atoms with Gasteiger partial charge in [-0.1, -0.05) is 13.8 Å². The third-order valence-electron chi connectivity index (χ3n) is 2.21. The van der Waals surface area contributed by atoms with Crippen LogP contribution in [-0.2, 0) is 6.54 Å². The lowest BCUT2D eigenvalue weighted by molar-refractivity contribution is 0.270. The Labute approximate surface area is 84.3 Å². The Bertz CT molecular complexity index is 271. The van der Waals surface area contributed by atoms with E-state index in [1.807, 2.05) is 0 Å². The summed E-state index contributed by atoms with van der Waals surface area (Å²) >= 11 is 0. The molecular formula is C9H16BNO3. The van der Waals surface area contributed by atoms with Crippen molar-refractivity contribution in [3.63, 3.8) is 0 Å². The normalized spacial score (nSPS) is 10.9. The molecule has 0 fully saturated rings. The fourth-order valence-electron chi connectivity index (χ4n) is 1.29. The van der Waals surface area contributed by atoms with E-state index >= 15 is 0 Å². The maximum absolute atomic E-state index is 8.83. The van der Waals surface area contributed by atoms with Crippen molar-refractivity contribution in [1.29, 1.82) is 0 Å². The second-order valence-corrected chi connectivity index (χ2v) is 3.14. The van der Waals surface area contributed by atoms with Gasteiger partial charge >= 0.3 is 7.12 Å². The highest BCUT2D eigenvalue weighted by Crippen LogP contribution is 2.03. The predicted molar refractivity (Wildman–Crippen MR) is 55.2 cm³/mol. The van der Waals surface area contributed by atoms with Crippen LogP contribution in [0.2, 0.25) is 0 Å². The predicted octanol–water partition coefficient (Wildman–Crippen LogP) is -0.199. The Morgan fingerprint density at radius 2 is 1.93 bits per heavy atom. The second kappa shape index (κ2) is 5.19. The van der Waals surface area contributed by atoms with Gasteiger partial charge in [-0.3, -0.25) is 4.90 Å². The van der Waals surface area contributed by atoms with Crippen LogP contribution in [0.4, 0.5) is 0 Å². The van der Waals surface area contributed by atoms with Crippen LogP contribution in [-0.4, -0.2) is 35.2 Å². The smallest absolute Gasteiger partial charge is 0.468 e. The Balaban J connectivity index is 2.58. The molecule has 0 spiro atoms. The fourth-order valence-corrected chi connectivity index (χ4v) is 1.29. The van der Waals surface area contributed by atoms with Crippen LogP contribution in [0.25, 0.3) is 0 Å². The third-order valence-corrected chi connectivity index (χ3v) is 2.21. The van der Waals surface area contributed by atoms with Gasteiger partial charge in [0, 0.05) is 0 Å². The van der Waals surface area contributed by atoms with E-state index in [0.717, 1.165) is 18.8 Å². The number of rotatable bonds is 5. The lowest BCUT2D eigenvalue weighted by atomic mass is 9.88. The van der Waals surface area contributed by atoms with E-state index in [1.165, 1.54) is 0 Å². The van der Waals surface area contributed by atoms with Crippen LogP contribution in [0.1, 0.15) is 19.6 Å². The molecule has 1 aromatic heterocycles. The molecule has 0 radical (unpaired) electrons. The molecule has 1 heterocycles. The van der Waals surface area contributed by atoms with Gasteiger partial charge in [0.25, 0.3) is 0 Å². The van der Waals surface area contributed by atoms with E-state index in [9.17, 15) is 0 Å². The highest BCUT2D eigenvalue weighted by Gasteiger charge is 2.16. The van der Waals surface area contributed by atoms with Crippen molar-refractivity contribution >= 4 is 12.8 Å². The molecule has 4 nitrogen and oxygen atoms in total. The molecule has 0 aliphatic carbocycles. The average Bonchev–Trinajstić information content (AvgIpc) is 2.62. The van der Waals surface area contributed by atoms with Crippen molar-refractivity contribution in [3.05, 3.63) is 17.9 Å². The summed E-state index contributed by atoms with van der Waals surface area (Å²) in [5.74, 6) is 0.761. The lowest BCUT2D eigenvalue weighted by Crippen LogP contribution is -2.28. The first kappa shape index (κ1) is 11.3. The topological polar surface area (TPSA) is 56.8 Å². The Morgan fingerprint density at radius 1 is 1.29 bits per heavy atom. The molecule has 1 rings (SSSR count). The summed E-state index contributed by atoms with van der Waals surface area (Å²) in [5.41, 5.74) is 0.201. The molecule has 14 heavy (non-hydrogen) atoms. The summed E-state index contributed by atoms with van der Waals surface area (Å²) in [5, 5.41) is 17.7. The molecule has 0 atom stereocenters. The number of hydrogen-bond donors (Lipinski definition) is 2. The average molecular weight is 197 g/mol. The maximum atomic E-state index is 8.83. The zero-order valence-electron chi connectivity index (χ0n) is 8.60. The summed E-state index contributed by atoms with van der Waals surface area (Å²) in [7, 11) is -1.51. The van der Waals surface area contributed by atoms with Crippen LogP contribution >= 0.6 is 0 Å². The van der Waals surface area contributed by atoms with Crippen molar-refractivity contribution < 1.29 is 14.5 Å². The molecule has 0 amide bonds. The molecule has 0 aliphatic rings. The molecule has 0 saturated heterocycles. The van der Waals surface area contributed by atoms with Gasteiger partial charge in [-0.2, -0.15) is 0 Å². The zero-order valence-corrected chi connectivity index (χ0v) is 8.60. The number of nitrogens with zero attached hydrogens (tertiary/aromatic N) is 1. The quantitative estimate of drug-likeness (QED) is 0.642. The molecule has 78 valence electrons. The van der Waals surface area contributed by atoms with Gasteiger partial charge in [0.1, 0.15) is 11.4 Å². The molecule has 5 heteroatoms. The van der Waals surface area contributed by atoms with Crippen molar-refractivity contribution in [3.8, 4) is 0 Å². The van der Waals surface area contributed by atoms with Crippen LogP contribution < -0.4 is 5.66 Å². The first-order valence-corrected chi connectivity index (χ1v) is 4.84. The summed E-state index contributed by atoms with van der Waals surface area (Å²) in [6, 6.07) is 3.36. The van der Waals surface area contributed by atoms with Crippen LogP contribution in [0.15, 0.2) is 16.5 Å². The first-order chi connectivity index (χ1) is 6.67. The van der Waals surface area contributed by atoms with E-state index in [1.54, 1.807) is 12.1 Å². The van der Waals surface area contributed by atoms with Crippen molar-refractivity contribution in [2.24, 2.45) is 0 Å². The van der Waals surface area contributed by atoms with Gasteiger partial charge in [-0.25, -0.2) is 0 Å². The monoisotopic (exact) mass is 197 g/mol. The van der Waals surface area contributed by atoms with Crippen molar-refractivity contribution in [2.75, 3.05) is 13.1 Å². The van der Waals surface area contributed by atoms with Crippen LogP contribution in [0.5, 0.6) is 0 Å². The fraction of sp³-hybridized carbons (Fsp3) is 0.556. The maximum Gasteiger partial charge on any atom is 0.526 e. The highest BCUT2D eigenvalue weighted by atomic mass is 16.4. The molecule has 0 bridgehead atoms. The molecular weight excluding hydrogens is 181 g/mol. The minimum atomic E-state index is -1.51. The van der Waals surface area contributed by atoms with Gasteiger partial charge in [-0.15, -0.1) is 0 Å². The van der Waals surface area contributed by atoms with Gasteiger partial charge in [0.05, 0.1) is 6.54 Å². The first-order valence-electron chi connectivity index (χ1n) is 4.84. The van der Waals surface area contributed by atoms with Gasteiger partial charge in [0.15, 0.2) is 0 Å². The van der Waals surface area contributed by atoms with Gasteiger partial charge < -0.3 is 14.5 Å². The molecule has 2 N–H and O–H groups in total. The largest absolute Gasteiger partial charge is 0.526 e. The van der Waals surface area contributed by atoms with E-state index in [4.69, 9.17) is 14.5 Å². The van der Waals surface area contributed by atoms with E-state index < -0.39 is 7.12 Å². The Kier molecular flexibility index (Phi) is 4.19. The van der Waals surface area contributed by atoms with Crippen LogP contribution in [0.3, 0.4) is 0 Å². The van der Waals surface area contributed by atoms with Crippen molar-refractivity contribution in [2.45, 2.75) is 20.4 Å². The molecule has 1 aromatic rings. The Morgan fingerprint density at radius 3 is 2.36 bits per heavy atom. The summed E-state index contributed by atoms with van der Waals surface area (Å²) in [6.07, 6.45) is 0. The number of furan rings is 1. The van der Waals surface area contributed by atoms with E-state index in [0.29, 0.717) is 6.54 Å². The van der Waals surface area contributed by atoms with Gasteiger partial charge in [0.2, 0.25) is 0 Å². The molecule has 0 saturated carbocycles. The third kappa shape index (κ3) is 2.87. The van der Waals surface area contributed by atoms with Crippen molar-refractivity contribution in [1.82, 2.24) is 4.90 Å². The SMILES string of the molecule is CCN(CC)Cc1ccc(B(O)O)o1. The van der Waals surface area contributed by atoms with Gasteiger partial charge in [-0.05, 0) is 25.2 Å². The summed E-state index contributed by atoms with van der Waals surface area (Å²) in [6.45, 7) is 6.77. The summed E-state index contributed by atoms with van der Waals surface area (Å²) in [4.78, 5) is 2.19. The lowest BCUT2D eigenvalue weighted by Gasteiger charge is -2.15. The highest BCUT2D eigenvalue weighted by molar-refractivity contribution is 6.56. The molecule has 0 unspecified atom stereocenters. The zero-order chi connectivity index (χ0) is 10.6. The molecule has 0 aromatic carbocycles. The standard InChI is InChI=1S/C9H16BNO3/c1-3-11(4-2)7-8-5-6-9(14-8)10(12)13/h5-6,12-13H,3-4,7H2,1-2H3. The number of hydrogen-bond acceptors (Lipinski definition) is 4. The Hall–Kier alpha value is -0.775.